The monoisotopic (exact) mass is 623 g/mol. The van der Waals surface area contributed by atoms with E-state index in [4.69, 9.17) is 38.9 Å². The predicted octanol–water partition coefficient (Wildman–Crippen LogP) is 6.77. The van der Waals surface area contributed by atoms with Crippen LogP contribution < -0.4 is 15.2 Å². The Balaban J connectivity index is 2.03. The second kappa shape index (κ2) is 19.0. The van der Waals surface area contributed by atoms with Gasteiger partial charge in [0.05, 0.1) is 0 Å². The molecule has 0 saturated heterocycles. The zero-order valence-electron chi connectivity index (χ0n) is 26.8. The minimum Gasteiger partial charge on any atom is -0.458 e. The Morgan fingerprint density at radius 1 is 0.750 bits per heavy atom. The Morgan fingerprint density at radius 3 is 1.86 bits per heavy atom. The van der Waals surface area contributed by atoms with Gasteiger partial charge in [0.25, 0.3) is 0 Å². The SMILES string of the molecule is CCCC(C)OC(=O)Oc1ccc(C[C@H](N)C(=O)O[C@@H](C)[C@H](C)OC(=O)OC2CCCCC2)cc1OC(=O)OC(C)CCC. The van der Waals surface area contributed by atoms with Crippen LogP contribution in [0.15, 0.2) is 18.2 Å². The summed E-state index contributed by atoms with van der Waals surface area (Å²) < 4.78 is 37.3. The molecular formula is C32H49NO11. The van der Waals surface area contributed by atoms with Crippen LogP contribution in [0.3, 0.4) is 0 Å². The van der Waals surface area contributed by atoms with Gasteiger partial charge in [-0.25, -0.2) is 14.4 Å². The molecule has 2 rings (SSSR count). The van der Waals surface area contributed by atoms with Crippen molar-refractivity contribution in [2.45, 2.75) is 142 Å². The fraction of sp³-hybridized carbons (Fsp3) is 0.688. The molecule has 0 radical (unpaired) electrons. The number of carbonyl (C=O) groups excluding carboxylic acids is 4. The summed E-state index contributed by atoms with van der Waals surface area (Å²) in [6.45, 7) is 10.6. The molecule has 0 aromatic heterocycles. The Bertz CT molecular complexity index is 1070. The molecule has 1 aromatic carbocycles. The van der Waals surface area contributed by atoms with E-state index in [0.29, 0.717) is 18.4 Å². The standard InChI is InChI=1S/C32H49NO11/c1-7-12-20(3)38-30(35)43-27-17-16-24(19-28(27)44-31(36)39-21(4)13-8-2)18-26(33)29(34)40-22(5)23(6)41-32(37)42-25-14-10-9-11-15-25/h16-17,19-23,25-26H,7-15,18,33H2,1-6H3/t20?,21?,22-,23-,26-/m0/s1. The highest BCUT2D eigenvalue weighted by Crippen LogP contribution is 2.30. The van der Waals surface area contributed by atoms with Crippen LogP contribution in [0.25, 0.3) is 0 Å². The highest BCUT2D eigenvalue weighted by Gasteiger charge is 2.27. The quantitative estimate of drug-likeness (QED) is 0.124. The second-order valence-electron chi connectivity index (χ2n) is 11.3. The second-order valence-corrected chi connectivity index (χ2v) is 11.3. The first-order valence-electron chi connectivity index (χ1n) is 15.6. The van der Waals surface area contributed by atoms with E-state index >= 15 is 0 Å². The average molecular weight is 624 g/mol. The molecule has 44 heavy (non-hydrogen) atoms. The minimum atomic E-state index is -1.10. The Hall–Kier alpha value is -3.54. The summed E-state index contributed by atoms with van der Waals surface area (Å²) in [6, 6.07) is 3.30. The summed E-state index contributed by atoms with van der Waals surface area (Å²) in [4.78, 5) is 49.7. The summed E-state index contributed by atoms with van der Waals surface area (Å²) in [6.07, 6.45) is 2.51. The van der Waals surface area contributed by atoms with Crippen molar-refractivity contribution in [3.8, 4) is 11.5 Å². The first kappa shape index (κ1) is 36.7. The lowest BCUT2D eigenvalue weighted by Gasteiger charge is -2.25. The van der Waals surface area contributed by atoms with Gasteiger partial charge >= 0.3 is 24.4 Å². The number of hydrogen-bond acceptors (Lipinski definition) is 12. The number of ether oxygens (including phenoxy) is 7. The summed E-state index contributed by atoms with van der Waals surface area (Å²) in [5, 5.41) is 0. The van der Waals surface area contributed by atoms with Gasteiger partial charge in [0, 0.05) is 0 Å². The van der Waals surface area contributed by atoms with Gasteiger partial charge in [-0.2, -0.15) is 0 Å². The first-order valence-corrected chi connectivity index (χ1v) is 15.6. The molecule has 1 saturated carbocycles. The average Bonchev–Trinajstić information content (AvgIpc) is 2.94. The van der Waals surface area contributed by atoms with E-state index in [1.165, 1.54) is 12.1 Å². The molecular weight excluding hydrogens is 574 g/mol. The van der Waals surface area contributed by atoms with E-state index in [-0.39, 0.29) is 36.2 Å². The number of nitrogens with two attached hydrogens (primary N) is 1. The Labute approximate surface area is 260 Å². The lowest BCUT2D eigenvalue weighted by molar-refractivity contribution is -0.155. The fourth-order valence-electron chi connectivity index (χ4n) is 4.63. The maximum atomic E-state index is 12.8. The van der Waals surface area contributed by atoms with Crippen LogP contribution in [0.1, 0.15) is 105 Å². The molecule has 248 valence electrons. The number of rotatable bonds is 15. The smallest absolute Gasteiger partial charge is 0.458 e. The molecule has 0 bridgehead atoms. The molecule has 12 nitrogen and oxygen atoms in total. The normalized spacial score (nSPS) is 16.8. The zero-order valence-corrected chi connectivity index (χ0v) is 26.8. The van der Waals surface area contributed by atoms with Crippen molar-refractivity contribution in [3.63, 3.8) is 0 Å². The lowest BCUT2D eigenvalue weighted by Crippen LogP contribution is -2.39. The summed E-state index contributed by atoms with van der Waals surface area (Å²) >= 11 is 0. The van der Waals surface area contributed by atoms with E-state index in [0.717, 1.165) is 44.9 Å². The van der Waals surface area contributed by atoms with Crippen LogP contribution in [-0.2, 0) is 34.9 Å². The van der Waals surface area contributed by atoms with Gasteiger partial charge in [-0.1, -0.05) is 39.2 Å². The summed E-state index contributed by atoms with van der Waals surface area (Å²) in [5.41, 5.74) is 6.62. The van der Waals surface area contributed by atoms with Gasteiger partial charge in [-0.3, -0.25) is 4.79 Å². The van der Waals surface area contributed by atoms with E-state index in [9.17, 15) is 19.2 Å². The lowest BCUT2D eigenvalue weighted by atomic mass is 9.98. The molecule has 0 heterocycles. The zero-order chi connectivity index (χ0) is 32.6. The molecule has 1 fully saturated rings. The maximum absolute atomic E-state index is 12.8. The van der Waals surface area contributed by atoms with Crippen LogP contribution in [0.5, 0.6) is 11.5 Å². The molecule has 0 spiro atoms. The molecule has 1 aliphatic carbocycles. The third-order valence-corrected chi connectivity index (χ3v) is 7.20. The number of esters is 1. The van der Waals surface area contributed by atoms with Gasteiger partial charge < -0.3 is 38.9 Å². The Kier molecular flexibility index (Phi) is 15.8. The van der Waals surface area contributed by atoms with Crippen molar-refractivity contribution in [2.75, 3.05) is 0 Å². The van der Waals surface area contributed by atoms with Crippen molar-refractivity contribution < 1.29 is 52.3 Å². The van der Waals surface area contributed by atoms with Crippen LogP contribution in [-0.4, -0.2) is 61.0 Å². The maximum Gasteiger partial charge on any atom is 0.514 e. The van der Waals surface area contributed by atoms with Crippen LogP contribution in [0.2, 0.25) is 0 Å². The highest BCUT2D eigenvalue weighted by atomic mass is 16.8. The number of hydrogen-bond donors (Lipinski definition) is 1. The Morgan fingerprint density at radius 2 is 1.30 bits per heavy atom. The molecule has 2 N–H and O–H groups in total. The van der Waals surface area contributed by atoms with Gasteiger partial charge in [-0.05, 0) is 90.3 Å². The number of benzene rings is 1. The van der Waals surface area contributed by atoms with E-state index in [1.54, 1.807) is 33.8 Å². The molecule has 5 atom stereocenters. The topological polar surface area (TPSA) is 159 Å². The third kappa shape index (κ3) is 13.4. The summed E-state index contributed by atoms with van der Waals surface area (Å²) in [7, 11) is 0. The van der Waals surface area contributed by atoms with Crippen molar-refractivity contribution >= 4 is 24.4 Å². The van der Waals surface area contributed by atoms with Gasteiger partial charge in [0.2, 0.25) is 0 Å². The summed E-state index contributed by atoms with van der Waals surface area (Å²) in [5.74, 6) is -0.903. The molecule has 1 aliphatic rings. The fourth-order valence-corrected chi connectivity index (χ4v) is 4.63. The highest BCUT2D eigenvalue weighted by molar-refractivity contribution is 5.76. The van der Waals surface area contributed by atoms with E-state index < -0.39 is 42.7 Å². The van der Waals surface area contributed by atoms with Crippen molar-refractivity contribution in [2.24, 2.45) is 5.73 Å². The van der Waals surface area contributed by atoms with Crippen molar-refractivity contribution in [1.82, 2.24) is 0 Å². The third-order valence-electron chi connectivity index (χ3n) is 7.20. The number of carbonyl (C=O) groups is 4. The molecule has 1 aromatic rings. The van der Waals surface area contributed by atoms with Gasteiger partial charge in [0.15, 0.2) is 11.5 Å². The van der Waals surface area contributed by atoms with Crippen LogP contribution in [0, 0.1) is 0 Å². The van der Waals surface area contributed by atoms with Crippen LogP contribution >= 0.6 is 0 Å². The minimum absolute atomic E-state index is 0.000415. The van der Waals surface area contributed by atoms with Gasteiger partial charge in [0.1, 0.15) is 36.6 Å². The van der Waals surface area contributed by atoms with E-state index in [2.05, 4.69) is 0 Å². The predicted molar refractivity (Wildman–Crippen MR) is 161 cm³/mol. The molecule has 0 aliphatic heterocycles. The van der Waals surface area contributed by atoms with Crippen molar-refractivity contribution in [3.05, 3.63) is 23.8 Å². The molecule has 0 amide bonds. The molecule has 12 heteroatoms. The van der Waals surface area contributed by atoms with Crippen molar-refractivity contribution in [1.29, 1.82) is 0 Å². The molecule has 2 unspecified atom stereocenters. The van der Waals surface area contributed by atoms with Crippen LogP contribution in [0.4, 0.5) is 14.4 Å². The largest absolute Gasteiger partial charge is 0.514 e. The van der Waals surface area contributed by atoms with Gasteiger partial charge in [-0.15, -0.1) is 0 Å². The van der Waals surface area contributed by atoms with E-state index in [1.807, 2.05) is 13.8 Å². The first-order chi connectivity index (χ1) is 20.9.